The van der Waals surface area contributed by atoms with Gasteiger partial charge in [-0.1, -0.05) is 12.1 Å². The van der Waals surface area contributed by atoms with E-state index in [4.69, 9.17) is 4.42 Å². The molecule has 150 valence electrons. The molecule has 1 aromatic carbocycles. The van der Waals surface area contributed by atoms with Crippen molar-refractivity contribution in [3.8, 4) is 0 Å². The maximum Gasteiger partial charge on any atom is 0.228 e. The number of carbonyl (C=O) groups is 2. The maximum absolute atomic E-state index is 12.9. The van der Waals surface area contributed by atoms with E-state index in [1.807, 2.05) is 34.5 Å². The van der Waals surface area contributed by atoms with Gasteiger partial charge in [-0.2, -0.15) is 0 Å². The molecule has 5 rings (SSSR count). The number of carbonyl (C=O) groups excluding carboxylic acids is 2. The first-order valence-corrected chi connectivity index (χ1v) is 10.9. The number of benzene rings is 1. The lowest BCUT2D eigenvalue weighted by molar-refractivity contribution is -0.131. The van der Waals surface area contributed by atoms with Crippen molar-refractivity contribution in [1.29, 1.82) is 0 Å². The molecule has 3 aromatic rings. The predicted octanol–water partition coefficient (Wildman–Crippen LogP) is 3.36. The number of hydrogen-bond acceptors (Lipinski definition) is 6. The predicted molar refractivity (Wildman–Crippen MR) is 110 cm³/mol. The molecule has 2 amide bonds. The molecule has 2 saturated heterocycles. The number of para-hydroxylation sites is 2. The highest BCUT2D eigenvalue weighted by Gasteiger charge is 2.29. The third kappa shape index (κ3) is 3.64. The Labute approximate surface area is 172 Å². The van der Waals surface area contributed by atoms with Crippen LogP contribution in [0.1, 0.15) is 43.2 Å². The van der Waals surface area contributed by atoms with E-state index in [1.54, 1.807) is 4.90 Å². The Hall–Kier alpha value is -2.74. The summed E-state index contributed by atoms with van der Waals surface area (Å²) in [6.07, 6.45) is 3.61. The summed E-state index contributed by atoms with van der Waals surface area (Å²) in [6, 6.07) is 7.75. The minimum Gasteiger partial charge on any atom is -0.440 e. The Bertz CT molecular complexity index is 1030. The normalized spacial score (nSPS) is 20.0. The average molecular weight is 410 g/mol. The van der Waals surface area contributed by atoms with Crippen molar-refractivity contribution in [3.05, 3.63) is 41.2 Å². The number of hydrogen-bond donors (Lipinski definition) is 0. The molecule has 0 bridgehead atoms. The highest BCUT2D eigenvalue weighted by molar-refractivity contribution is 7.14. The van der Waals surface area contributed by atoms with Crippen molar-refractivity contribution < 1.29 is 14.0 Å². The van der Waals surface area contributed by atoms with E-state index in [0.717, 1.165) is 49.1 Å². The Balaban J connectivity index is 1.25. The van der Waals surface area contributed by atoms with E-state index in [0.29, 0.717) is 24.0 Å². The Morgan fingerprint density at radius 1 is 1.21 bits per heavy atom. The van der Waals surface area contributed by atoms with Crippen LogP contribution in [0.25, 0.3) is 11.1 Å². The largest absolute Gasteiger partial charge is 0.440 e. The van der Waals surface area contributed by atoms with Crippen molar-refractivity contribution in [2.24, 2.45) is 0 Å². The molecule has 1 atom stereocenters. The molecule has 2 aliphatic rings. The second-order valence-corrected chi connectivity index (χ2v) is 8.48. The first-order chi connectivity index (χ1) is 14.2. The fraction of sp³-hybridized carbons (Fsp3) is 0.429. The van der Waals surface area contributed by atoms with Gasteiger partial charge in [0.1, 0.15) is 5.52 Å². The number of aromatic nitrogens is 2. The molecule has 2 fully saturated rings. The summed E-state index contributed by atoms with van der Waals surface area (Å²) in [7, 11) is 0. The van der Waals surface area contributed by atoms with Gasteiger partial charge in [-0.25, -0.2) is 9.97 Å². The lowest BCUT2D eigenvalue weighted by Gasteiger charge is -2.31. The van der Waals surface area contributed by atoms with Crippen LogP contribution in [0.3, 0.4) is 0 Å². The van der Waals surface area contributed by atoms with Crippen LogP contribution >= 0.6 is 11.3 Å². The second kappa shape index (κ2) is 7.59. The molecule has 1 unspecified atom stereocenters. The zero-order valence-corrected chi connectivity index (χ0v) is 16.9. The van der Waals surface area contributed by atoms with Gasteiger partial charge < -0.3 is 9.32 Å². The molecule has 0 N–H and O–H groups in total. The van der Waals surface area contributed by atoms with Crippen molar-refractivity contribution in [3.63, 3.8) is 0 Å². The fourth-order valence-corrected chi connectivity index (χ4v) is 4.96. The highest BCUT2D eigenvalue weighted by atomic mass is 32.1. The maximum atomic E-state index is 12.9. The molecular weight excluding hydrogens is 388 g/mol. The quantitative estimate of drug-likeness (QED) is 0.659. The zero-order valence-electron chi connectivity index (χ0n) is 16.0. The number of likely N-dealkylation sites (tertiary alicyclic amines) is 1. The summed E-state index contributed by atoms with van der Waals surface area (Å²) in [5.41, 5.74) is 2.38. The summed E-state index contributed by atoms with van der Waals surface area (Å²) < 4.78 is 5.93. The van der Waals surface area contributed by atoms with Crippen LogP contribution in [-0.2, 0) is 16.0 Å². The van der Waals surface area contributed by atoms with Crippen molar-refractivity contribution in [1.82, 2.24) is 14.9 Å². The van der Waals surface area contributed by atoms with Crippen LogP contribution in [0, 0.1) is 0 Å². The van der Waals surface area contributed by atoms with Gasteiger partial charge in [0.25, 0.3) is 0 Å². The molecule has 29 heavy (non-hydrogen) atoms. The van der Waals surface area contributed by atoms with E-state index in [-0.39, 0.29) is 24.2 Å². The number of anilines is 1. The molecule has 0 saturated carbocycles. The highest BCUT2D eigenvalue weighted by Crippen LogP contribution is 2.30. The Morgan fingerprint density at radius 2 is 2.10 bits per heavy atom. The average Bonchev–Trinajstić information content (AvgIpc) is 3.47. The number of fused-ring (bicyclic) bond motifs is 1. The number of thiazole rings is 1. The third-order valence-electron chi connectivity index (χ3n) is 5.61. The number of rotatable bonds is 4. The molecule has 0 spiro atoms. The standard InChI is InChI=1S/C21H22N4O3S/c26-18-8-4-10-25(18)21-22-15(13-29-21)11-19(27)24-9-3-5-14(12-24)20-23-16-6-1-2-7-17(16)28-20/h1-2,6-7,13-14H,3-5,8-12H2. The van der Waals surface area contributed by atoms with Crippen LogP contribution in [0.15, 0.2) is 34.1 Å². The summed E-state index contributed by atoms with van der Waals surface area (Å²) in [6.45, 7) is 2.09. The Kier molecular flexibility index (Phi) is 4.79. The molecular formula is C21H22N4O3S. The molecule has 2 aliphatic heterocycles. The summed E-state index contributed by atoms with van der Waals surface area (Å²) in [4.78, 5) is 37.5. The van der Waals surface area contributed by atoms with Gasteiger partial charge in [0.2, 0.25) is 11.8 Å². The van der Waals surface area contributed by atoms with Crippen molar-refractivity contribution in [2.75, 3.05) is 24.5 Å². The van der Waals surface area contributed by atoms with Gasteiger partial charge in [-0.15, -0.1) is 11.3 Å². The Morgan fingerprint density at radius 3 is 2.93 bits per heavy atom. The fourth-order valence-electron chi connectivity index (χ4n) is 4.09. The second-order valence-electron chi connectivity index (χ2n) is 7.65. The minimum absolute atomic E-state index is 0.0652. The van der Waals surface area contributed by atoms with Gasteiger partial charge in [0.15, 0.2) is 16.6 Å². The van der Waals surface area contributed by atoms with Crippen LogP contribution in [-0.4, -0.2) is 46.3 Å². The first-order valence-electron chi connectivity index (χ1n) is 10.1. The van der Waals surface area contributed by atoms with E-state index in [2.05, 4.69) is 9.97 Å². The van der Waals surface area contributed by atoms with Crippen LogP contribution < -0.4 is 4.90 Å². The van der Waals surface area contributed by atoms with Gasteiger partial charge >= 0.3 is 0 Å². The molecule has 0 aliphatic carbocycles. The SMILES string of the molecule is O=C(Cc1csc(N2CCCC2=O)n1)N1CCCC(c2nc3ccccc3o2)C1. The van der Waals surface area contributed by atoms with E-state index in [9.17, 15) is 9.59 Å². The zero-order chi connectivity index (χ0) is 19.8. The van der Waals surface area contributed by atoms with Crippen LogP contribution in [0.2, 0.25) is 0 Å². The topological polar surface area (TPSA) is 79.5 Å². The van der Waals surface area contributed by atoms with E-state index >= 15 is 0 Å². The lowest BCUT2D eigenvalue weighted by Crippen LogP contribution is -2.40. The minimum atomic E-state index is 0.0652. The van der Waals surface area contributed by atoms with Crippen LogP contribution in [0.5, 0.6) is 0 Å². The molecule has 2 aromatic heterocycles. The summed E-state index contributed by atoms with van der Waals surface area (Å²) in [5.74, 6) is 1.02. The van der Waals surface area contributed by atoms with E-state index < -0.39 is 0 Å². The third-order valence-corrected chi connectivity index (χ3v) is 6.52. The number of amides is 2. The molecule has 0 radical (unpaired) electrons. The van der Waals surface area contributed by atoms with Crippen LogP contribution in [0.4, 0.5) is 5.13 Å². The lowest BCUT2D eigenvalue weighted by atomic mass is 9.97. The molecule has 7 nitrogen and oxygen atoms in total. The van der Waals surface area contributed by atoms with Crippen molar-refractivity contribution in [2.45, 2.75) is 38.0 Å². The van der Waals surface area contributed by atoms with Gasteiger partial charge in [0, 0.05) is 31.4 Å². The van der Waals surface area contributed by atoms with Gasteiger partial charge in [-0.3, -0.25) is 14.5 Å². The van der Waals surface area contributed by atoms with Gasteiger partial charge in [-0.05, 0) is 31.4 Å². The molecule has 4 heterocycles. The number of piperidine rings is 1. The molecule has 8 heteroatoms. The number of nitrogens with zero attached hydrogens (tertiary/aromatic N) is 4. The monoisotopic (exact) mass is 410 g/mol. The van der Waals surface area contributed by atoms with Crippen molar-refractivity contribution >= 4 is 39.4 Å². The smallest absolute Gasteiger partial charge is 0.228 e. The number of oxazole rings is 1. The summed E-state index contributed by atoms with van der Waals surface area (Å²) in [5, 5.41) is 2.60. The summed E-state index contributed by atoms with van der Waals surface area (Å²) >= 11 is 1.44. The first kappa shape index (κ1) is 18.3. The van der Waals surface area contributed by atoms with E-state index in [1.165, 1.54) is 11.3 Å². The van der Waals surface area contributed by atoms with Gasteiger partial charge in [0.05, 0.1) is 18.0 Å².